The molecule has 0 bridgehead atoms. The predicted octanol–water partition coefficient (Wildman–Crippen LogP) is 5.15. The minimum atomic E-state index is -5.09. The van der Waals surface area contributed by atoms with Gasteiger partial charge in [-0.05, 0) is 61.0 Å². The van der Waals surface area contributed by atoms with Gasteiger partial charge in [0.25, 0.3) is 20.0 Å². The Hall–Kier alpha value is -2.96. The van der Waals surface area contributed by atoms with E-state index in [1.54, 1.807) is 19.1 Å². The molecule has 3 aromatic rings. The van der Waals surface area contributed by atoms with Gasteiger partial charge in [0.2, 0.25) is 0 Å². The molecule has 2 N–H and O–H groups in total. The number of alkyl halides is 3. The first-order chi connectivity index (χ1) is 15.3. The van der Waals surface area contributed by atoms with E-state index < -0.39 is 37.1 Å². The SMILES string of the molecule is Cc1c(Cl)cccc1NS(=O)(=O)c1ccc(NS(=O)(=O)c2ccccc2OC(F)(F)F)cc1. The van der Waals surface area contributed by atoms with Crippen molar-refractivity contribution in [2.75, 3.05) is 9.44 Å². The van der Waals surface area contributed by atoms with Crippen LogP contribution in [0.5, 0.6) is 5.75 Å². The fourth-order valence-corrected chi connectivity index (χ4v) is 5.20. The van der Waals surface area contributed by atoms with E-state index >= 15 is 0 Å². The molecular formula is C20H16ClF3N2O5S2. The van der Waals surface area contributed by atoms with Crippen LogP contribution in [0.3, 0.4) is 0 Å². The zero-order valence-corrected chi connectivity index (χ0v) is 19.1. The molecule has 0 aliphatic rings. The first kappa shape index (κ1) is 24.7. The number of benzene rings is 3. The Morgan fingerprint density at radius 2 is 1.45 bits per heavy atom. The van der Waals surface area contributed by atoms with Crippen LogP contribution in [-0.2, 0) is 20.0 Å². The van der Waals surface area contributed by atoms with Gasteiger partial charge >= 0.3 is 6.36 Å². The summed E-state index contributed by atoms with van der Waals surface area (Å²) >= 11 is 6.00. The molecule has 0 saturated carbocycles. The third-order valence-electron chi connectivity index (χ3n) is 4.29. The minimum absolute atomic E-state index is 0.0744. The maximum Gasteiger partial charge on any atom is 0.573 e. The Labute approximate surface area is 193 Å². The van der Waals surface area contributed by atoms with Crippen molar-refractivity contribution in [3.05, 3.63) is 77.3 Å². The molecule has 0 aliphatic heterocycles. The van der Waals surface area contributed by atoms with Crippen LogP contribution in [0.2, 0.25) is 5.02 Å². The number of rotatable bonds is 7. The highest BCUT2D eigenvalue weighted by Crippen LogP contribution is 2.31. The highest BCUT2D eigenvalue weighted by atomic mass is 35.5. The number of anilines is 2. The Morgan fingerprint density at radius 3 is 2.09 bits per heavy atom. The van der Waals surface area contributed by atoms with Crippen molar-refractivity contribution in [1.82, 2.24) is 0 Å². The van der Waals surface area contributed by atoms with Crippen LogP contribution >= 0.6 is 11.6 Å². The lowest BCUT2D eigenvalue weighted by Crippen LogP contribution is -2.21. The molecule has 0 aromatic heterocycles. The standard InChI is InChI=1S/C20H16ClF3N2O5S2/c1-13-16(21)5-4-6-17(13)26-32(27,28)15-11-9-14(10-12-15)25-33(29,30)19-8-3-2-7-18(19)31-20(22,23)24/h2-12,25-26H,1H3. The highest BCUT2D eigenvalue weighted by molar-refractivity contribution is 7.93. The number of hydrogen-bond donors (Lipinski definition) is 2. The van der Waals surface area contributed by atoms with Crippen molar-refractivity contribution in [1.29, 1.82) is 0 Å². The normalized spacial score (nSPS) is 12.3. The zero-order valence-electron chi connectivity index (χ0n) is 16.7. The van der Waals surface area contributed by atoms with Gasteiger partial charge < -0.3 is 4.74 Å². The molecular weight excluding hydrogens is 505 g/mol. The van der Waals surface area contributed by atoms with Crippen LogP contribution in [0.1, 0.15) is 5.56 Å². The largest absolute Gasteiger partial charge is 0.573 e. The molecule has 0 amide bonds. The average Bonchev–Trinajstić information content (AvgIpc) is 2.70. The van der Waals surface area contributed by atoms with Crippen molar-refractivity contribution in [2.45, 2.75) is 23.1 Å². The second-order valence-corrected chi connectivity index (χ2v) is 10.4. The number of sulfonamides is 2. The molecule has 3 aromatic carbocycles. The number of nitrogens with one attached hydrogen (secondary N) is 2. The third-order valence-corrected chi connectivity index (χ3v) is 7.50. The van der Waals surface area contributed by atoms with Gasteiger partial charge in [-0.1, -0.05) is 29.8 Å². The summed E-state index contributed by atoms with van der Waals surface area (Å²) in [5, 5.41) is 0.370. The lowest BCUT2D eigenvalue weighted by Gasteiger charge is -2.15. The molecule has 3 rings (SSSR count). The minimum Gasteiger partial charge on any atom is -0.404 e. The van der Waals surface area contributed by atoms with Crippen LogP contribution in [-0.4, -0.2) is 23.2 Å². The summed E-state index contributed by atoms with van der Waals surface area (Å²) in [6.45, 7) is 1.64. The molecule has 0 aliphatic carbocycles. The summed E-state index contributed by atoms with van der Waals surface area (Å²) in [6, 6.07) is 13.5. The Morgan fingerprint density at radius 1 is 0.818 bits per heavy atom. The summed E-state index contributed by atoms with van der Waals surface area (Å²) < 4.78 is 96.5. The molecule has 33 heavy (non-hydrogen) atoms. The molecule has 0 saturated heterocycles. The van der Waals surface area contributed by atoms with Crippen molar-refractivity contribution >= 4 is 43.0 Å². The molecule has 7 nitrogen and oxygen atoms in total. The molecule has 176 valence electrons. The van der Waals surface area contributed by atoms with Gasteiger partial charge in [-0.15, -0.1) is 13.2 Å². The lowest BCUT2D eigenvalue weighted by molar-refractivity contribution is -0.275. The maximum atomic E-state index is 12.6. The van der Waals surface area contributed by atoms with E-state index in [0.29, 0.717) is 10.6 Å². The van der Waals surface area contributed by atoms with E-state index in [2.05, 4.69) is 14.2 Å². The molecule has 0 atom stereocenters. The molecule has 0 spiro atoms. The fraction of sp³-hybridized carbons (Fsp3) is 0.100. The van der Waals surface area contributed by atoms with E-state index in [-0.39, 0.29) is 16.3 Å². The van der Waals surface area contributed by atoms with E-state index in [1.807, 2.05) is 0 Å². The Balaban J connectivity index is 1.83. The van der Waals surface area contributed by atoms with E-state index in [9.17, 15) is 30.0 Å². The summed E-state index contributed by atoms with van der Waals surface area (Å²) in [5.41, 5.74) is 0.718. The molecule has 0 unspecified atom stereocenters. The van der Waals surface area contributed by atoms with Crippen LogP contribution in [0.4, 0.5) is 24.5 Å². The van der Waals surface area contributed by atoms with Crippen LogP contribution < -0.4 is 14.2 Å². The van der Waals surface area contributed by atoms with E-state index in [4.69, 9.17) is 11.6 Å². The van der Waals surface area contributed by atoms with Gasteiger partial charge in [-0.2, -0.15) is 0 Å². The summed E-state index contributed by atoms with van der Waals surface area (Å²) in [6.07, 6.45) is -5.09. The Kier molecular flexibility index (Phi) is 6.82. The van der Waals surface area contributed by atoms with Gasteiger partial charge in [0.05, 0.1) is 10.6 Å². The van der Waals surface area contributed by atoms with Gasteiger partial charge in [0, 0.05) is 10.7 Å². The van der Waals surface area contributed by atoms with Crippen molar-refractivity contribution in [3.8, 4) is 5.75 Å². The Bertz CT molecular complexity index is 1380. The highest BCUT2D eigenvalue weighted by Gasteiger charge is 2.34. The van der Waals surface area contributed by atoms with E-state index in [1.165, 1.54) is 18.2 Å². The molecule has 0 radical (unpaired) electrons. The number of hydrogen-bond acceptors (Lipinski definition) is 5. The number of ether oxygens (including phenoxy) is 1. The number of para-hydroxylation sites is 1. The molecule has 0 fully saturated rings. The van der Waals surface area contributed by atoms with Crippen LogP contribution in [0.15, 0.2) is 76.5 Å². The van der Waals surface area contributed by atoms with Gasteiger partial charge in [-0.25, -0.2) is 16.8 Å². The van der Waals surface area contributed by atoms with Crippen molar-refractivity contribution < 1.29 is 34.7 Å². The summed E-state index contributed by atoms with van der Waals surface area (Å²) in [4.78, 5) is -0.914. The quantitative estimate of drug-likeness (QED) is 0.449. The monoisotopic (exact) mass is 520 g/mol. The number of halogens is 4. The van der Waals surface area contributed by atoms with Crippen molar-refractivity contribution in [3.63, 3.8) is 0 Å². The first-order valence-electron chi connectivity index (χ1n) is 9.04. The zero-order chi connectivity index (χ0) is 24.4. The second kappa shape index (κ2) is 9.12. The second-order valence-electron chi connectivity index (χ2n) is 6.64. The average molecular weight is 521 g/mol. The topological polar surface area (TPSA) is 102 Å². The third kappa shape index (κ3) is 6.09. The van der Waals surface area contributed by atoms with Gasteiger partial charge in [-0.3, -0.25) is 9.44 Å². The fourth-order valence-electron chi connectivity index (χ4n) is 2.72. The molecule has 0 heterocycles. The maximum absolute atomic E-state index is 12.6. The smallest absolute Gasteiger partial charge is 0.404 e. The summed E-state index contributed by atoms with van der Waals surface area (Å²) in [7, 11) is -8.50. The van der Waals surface area contributed by atoms with Crippen LogP contribution in [0.25, 0.3) is 0 Å². The molecule has 13 heteroatoms. The first-order valence-corrected chi connectivity index (χ1v) is 12.4. The van der Waals surface area contributed by atoms with E-state index in [0.717, 1.165) is 36.4 Å². The van der Waals surface area contributed by atoms with Gasteiger partial charge in [0.15, 0.2) is 0 Å². The lowest BCUT2D eigenvalue weighted by atomic mass is 10.2. The van der Waals surface area contributed by atoms with Crippen molar-refractivity contribution in [2.24, 2.45) is 0 Å². The van der Waals surface area contributed by atoms with Crippen LogP contribution in [0, 0.1) is 6.92 Å². The van der Waals surface area contributed by atoms with Gasteiger partial charge in [0.1, 0.15) is 10.6 Å². The predicted molar refractivity (Wildman–Crippen MR) is 117 cm³/mol. The summed E-state index contributed by atoms with van der Waals surface area (Å²) in [5.74, 6) is -0.905.